The Morgan fingerprint density at radius 1 is 1.24 bits per heavy atom. The van der Waals surface area contributed by atoms with Gasteiger partial charge in [-0.1, -0.05) is 0 Å². The van der Waals surface area contributed by atoms with Crippen LogP contribution in [0.4, 0.5) is 11.4 Å². The molecule has 0 saturated carbocycles. The molecular formula is C15H13N3O3. The molecule has 2 rings (SSSR count). The van der Waals surface area contributed by atoms with E-state index in [2.05, 4.69) is 5.32 Å². The Bertz CT molecular complexity index is 690. The van der Waals surface area contributed by atoms with Crippen molar-refractivity contribution in [3.05, 3.63) is 58.1 Å². The van der Waals surface area contributed by atoms with Gasteiger partial charge >= 0.3 is 0 Å². The maximum absolute atomic E-state index is 10.9. The van der Waals surface area contributed by atoms with E-state index in [1.165, 1.54) is 12.1 Å². The zero-order chi connectivity index (χ0) is 15.2. The second kappa shape index (κ2) is 6.39. The fraction of sp³-hybridized carbons (Fsp3) is 0.133. The molecule has 0 aliphatic carbocycles. The van der Waals surface area contributed by atoms with E-state index in [1.807, 2.05) is 13.0 Å². The molecule has 0 aliphatic heterocycles. The molecule has 0 aliphatic rings. The first kappa shape index (κ1) is 14.3. The molecule has 0 unspecified atom stereocenters. The van der Waals surface area contributed by atoms with Crippen molar-refractivity contribution in [2.75, 3.05) is 11.9 Å². The van der Waals surface area contributed by atoms with E-state index in [4.69, 9.17) is 10.00 Å². The van der Waals surface area contributed by atoms with Gasteiger partial charge < -0.3 is 10.1 Å². The van der Waals surface area contributed by atoms with Gasteiger partial charge in [-0.25, -0.2) is 0 Å². The number of non-ortho nitro benzene ring substituents is 1. The summed E-state index contributed by atoms with van der Waals surface area (Å²) in [6.45, 7) is 2.55. The van der Waals surface area contributed by atoms with Gasteiger partial charge in [0.15, 0.2) is 0 Å². The third-order valence-corrected chi connectivity index (χ3v) is 2.70. The number of nitro benzene ring substituents is 1. The van der Waals surface area contributed by atoms with Gasteiger partial charge in [0.05, 0.1) is 22.6 Å². The van der Waals surface area contributed by atoms with Gasteiger partial charge in [0, 0.05) is 24.4 Å². The Kier molecular flexibility index (Phi) is 4.36. The highest BCUT2D eigenvalue weighted by molar-refractivity contribution is 5.57. The standard InChI is InChI=1S/C15H13N3O3/c1-2-17-12-7-13(18(19)20)9-15(8-12)21-14-5-3-11(10-16)4-6-14/h3-9,17H,2H2,1H3. The van der Waals surface area contributed by atoms with Crippen molar-refractivity contribution < 1.29 is 9.66 Å². The molecule has 2 aromatic carbocycles. The van der Waals surface area contributed by atoms with Crippen LogP contribution in [0.5, 0.6) is 11.5 Å². The first-order valence-electron chi connectivity index (χ1n) is 6.33. The van der Waals surface area contributed by atoms with Gasteiger partial charge in [-0.2, -0.15) is 5.26 Å². The molecule has 0 amide bonds. The lowest BCUT2D eigenvalue weighted by molar-refractivity contribution is -0.384. The first-order valence-corrected chi connectivity index (χ1v) is 6.33. The predicted molar refractivity (Wildman–Crippen MR) is 78.5 cm³/mol. The third-order valence-electron chi connectivity index (χ3n) is 2.70. The molecule has 0 saturated heterocycles. The number of ether oxygens (including phenoxy) is 1. The van der Waals surface area contributed by atoms with Gasteiger partial charge in [-0.3, -0.25) is 10.1 Å². The lowest BCUT2D eigenvalue weighted by Gasteiger charge is -2.09. The molecule has 6 heteroatoms. The van der Waals surface area contributed by atoms with Gasteiger partial charge in [-0.05, 0) is 31.2 Å². The molecule has 0 aromatic heterocycles. The molecule has 0 bridgehead atoms. The number of nitriles is 1. The number of rotatable bonds is 5. The number of nitro groups is 1. The molecule has 0 radical (unpaired) electrons. The van der Waals surface area contributed by atoms with Crippen LogP contribution in [0.25, 0.3) is 0 Å². The Hall–Kier alpha value is -3.07. The molecule has 6 nitrogen and oxygen atoms in total. The summed E-state index contributed by atoms with van der Waals surface area (Å²) in [7, 11) is 0. The van der Waals surface area contributed by atoms with E-state index in [0.29, 0.717) is 29.3 Å². The zero-order valence-electron chi connectivity index (χ0n) is 11.4. The van der Waals surface area contributed by atoms with E-state index in [-0.39, 0.29) is 5.69 Å². The summed E-state index contributed by atoms with van der Waals surface area (Å²) >= 11 is 0. The monoisotopic (exact) mass is 283 g/mol. The second-order valence-corrected chi connectivity index (χ2v) is 4.24. The molecule has 106 valence electrons. The Morgan fingerprint density at radius 3 is 2.52 bits per heavy atom. The van der Waals surface area contributed by atoms with E-state index < -0.39 is 4.92 Å². The smallest absolute Gasteiger partial charge is 0.275 e. The lowest BCUT2D eigenvalue weighted by atomic mass is 10.2. The van der Waals surface area contributed by atoms with Crippen LogP contribution in [0, 0.1) is 21.4 Å². The Labute approximate surface area is 121 Å². The van der Waals surface area contributed by atoms with Crippen molar-refractivity contribution in [2.24, 2.45) is 0 Å². The van der Waals surface area contributed by atoms with Crippen molar-refractivity contribution in [3.8, 4) is 17.6 Å². The van der Waals surface area contributed by atoms with Crippen molar-refractivity contribution in [3.63, 3.8) is 0 Å². The van der Waals surface area contributed by atoms with Gasteiger partial charge in [0.25, 0.3) is 5.69 Å². The van der Waals surface area contributed by atoms with Crippen LogP contribution in [0.3, 0.4) is 0 Å². The molecule has 2 aromatic rings. The second-order valence-electron chi connectivity index (χ2n) is 4.24. The van der Waals surface area contributed by atoms with E-state index in [0.717, 1.165) is 0 Å². The third kappa shape index (κ3) is 3.70. The van der Waals surface area contributed by atoms with Gasteiger partial charge in [0.2, 0.25) is 0 Å². The van der Waals surface area contributed by atoms with Gasteiger partial charge in [0.1, 0.15) is 11.5 Å². The fourth-order valence-electron chi connectivity index (χ4n) is 1.79. The minimum atomic E-state index is -0.466. The molecule has 0 spiro atoms. The van der Waals surface area contributed by atoms with E-state index in [9.17, 15) is 10.1 Å². The highest BCUT2D eigenvalue weighted by Crippen LogP contribution is 2.29. The lowest BCUT2D eigenvalue weighted by Crippen LogP contribution is -1.98. The molecule has 21 heavy (non-hydrogen) atoms. The Morgan fingerprint density at radius 2 is 1.95 bits per heavy atom. The quantitative estimate of drug-likeness (QED) is 0.667. The van der Waals surface area contributed by atoms with E-state index in [1.54, 1.807) is 30.3 Å². The summed E-state index contributed by atoms with van der Waals surface area (Å²) in [6, 6.07) is 13.0. The number of anilines is 1. The summed E-state index contributed by atoms with van der Waals surface area (Å²) in [5.41, 5.74) is 1.10. The van der Waals surface area contributed by atoms with Crippen LogP contribution < -0.4 is 10.1 Å². The summed E-state index contributed by atoms with van der Waals surface area (Å²) < 4.78 is 5.60. The maximum atomic E-state index is 10.9. The minimum Gasteiger partial charge on any atom is -0.457 e. The largest absolute Gasteiger partial charge is 0.457 e. The van der Waals surface area contributed by atoms with Crippen LogP contribution in [-0.4, -0.2) is 11.5 Å². The summed E-state index contributed by atoms with van der Waals surface area (Å²) in [6.07, 6.45) is 0. The molecule has 0 heterocycles. The van der Waals surface area contributed by atoms with Crippen molar-refractivity contribution >= 4 is 11.4 Å². The topological polar surface area (TPSA) is 88.2 Å². The average molecular weight is 283 g/mol. The first-order chi connectivity index (χ1) is 10.1. The highest BCUT2D eigenvalue weighted by atomic mass is 16.6. The highest BCUT2D eigenvalue weighted by Gasteiger charge is 2.11. The van der Waals surface area contributed by atoms with E-state index >= 15 is 0 Å². The van der Waals surface area contributed by atoms with Crippen molar-refractivity contribution in [1.82, 2.24) is 0 Å². The van der Waals surface area contributed by atoms with Crippen LogP contribution in [0.1, 0.15) is 12.5 Å². The molecule has 1 N–H and O–H groups in total. The number of benzene rings is 2. The van der Waals surface area contributed by atoms with Crippen molar-refractivity contribution in [2.45, 2.75) is 6.92 Å². The molecular weight excluding hydrogens is 270 g/mol. The predicted octanol–water partition coefficient (Wildman–Crippen LogP) is 3.69. The number of nitrogens with zero attached hydrogens (tertiary/aromatic N) is 2. The maximum Gasteiger partial charge on any atom is 0.275 e. The molecule has 0 fully saturated rings. The normalized spacial score (nSPS) is 9.71. The average Bonchev–Trinajstić information content (AvgIpc) is 2.48. The van der Waals surface area contributed by atoms with Crippen LogP contribution in [-0.2, 0) is 0 Å². The number of hydrogen-bond donors (Lipinski definition) is 1. The van der Waals surface area contributed by atoms with Gasteiger partial charge in [-0.15, -0.1) is 0 Å². The van der Waals surface area contributed by atoms with Crippen LogP contribution >= 0.6 is 0 Å². The SMILES string of the molecule is CCNc1cc(Oc2ccc(C#N)cc2)cc([N+](=O)[O-])c1. The van der Waals surface area contributed by atoms with Crippen LogP contribution in [0.15, 0.2) is 42.5 Å². The number of nitrogens with one attached hydrogen (secondary N) is 1. The summed E-state index contributed by atoms with van der Waals surface area (Å²) in [5, 5.41) is 22.7. The Balaban J connectivity index is 2.29. The number of hydrogen-bond acceptors (Lipinski definition) is 5. The fourth-order valence-corrected chi connectivity index (χ4v) is 1.79. The van der Waals surface area contributed by atoms with Crippen molar-refractivity contribution in [1.29, 1.82) is 5.26 Å². The summed E-state index contributed by atoms with van der Waals surface area (Å²) in [5.74, 6) is 0.877. The summed E-state index contributed by atoms with van der Waals surface area (Å²) in [4.78, 5) is 10.5. The molecule has 0 atom stereocenters. The van der Waals surface area contributed by atoms with Crippen LogP contribution in [0.2, 0.25) is 0 Å². The zero-order valence-corrected chi connectivity index (χ0v) is 11.4. The minimum absolute atomic E-state index is 0.0444.